The topological polar surface area (TPSA) is 45.2 Å². The van der Waals surface area contributed by atoms with Gasteiger partial charge in [0.25, 0.3) is 5.91 Å². The Kier molecular flexibility index (Phi) is 5.26. The minimum atomic E-state index is -0.151. The van der Waals surface area contributed by atoms with Crippen molar-refractivity contribution in [2.24, 2.45) is 0 Å². The highest BCUT2D eigenvalue weighted by atomic mass is 35.5. The highest BCUT2D eigenvalue weighted by Gasteiger charge is 2.25. The van der Waals surface area contributed by atoms with Crippen LogP contribution in [0.15, 0.2) is 48.7 Å². The van der Waals surface area contributed by atoms with E-state index in [0.29, 0.717) is 12.2 Å². The molecule has 1 aliphatic rings. The van der Waals surface area contributed by atoms with Gasteiger partial charge in [0.2, 0.25) is 0 Å². The first-order valence-corrected chi connectivity index (χ1v) is 8.31. The second-order valence-electron chi connectivity index (χ2n) is 5.71. The molecule has 120 valence electrons. The van der Waals surface area contributed by atoms with Crippen LogP contribution in [-0.2, 0) is 0 Å². The lowest BCUT2D eigenvalue weighted by atomic mass is 10.1. The van der Waals surface area contributed by atoms with Gasteiger partial charge in [0.05, 0.1) is 6.04 Å². The number of aromatic nitrogens is 1. The number of hydrogen-bond donors (Lipinski definition) is 1. The van der Waals surface area contributed by atoms with E-state index in [4.69, 9.17) is 11.6 Å². The maximum atomic E-state index is 12.3. The van der Waals surface area contributed by atoms with Crippen LogP contribution in [0.25, 0.3) is 0 Å². The first-order valence-electron chi connectivity index (χ1n) is 7.93. The van der Waals surface area contributed by atoms with E-state index >= 15 is 0 Å². The quantitative estimate of drug-likeness (QED) is 0.915. The van der Waals surface area contributed by atoms with E-state index in [1.165, 1.54) is 12.8 Å². The second kappa shape index (κ2) is 7.57. The van der Waals surface area contributed by atoms with Crippen molar-refractivity contribution in [2.75, 3.05) is 19.6 Å². The molecule has 3 rings (SSSR count). The molecule has 1 amide bonds. The zero-order chi connectivity index (χ0) is 16.1. The molecular weight excluding hydrogens is 310 g/mol. The minimum Gasteiger partial charge on any atom is -0.349 e. The predicted molar refractivity (Wildman–Crippen MR) is 91.6 cm³/mol. The molecule has 1 unspecified atom stereocenters. The van der Waals surface area contributed by atoms with Crippen molar-refractivity contribution in [3.63, 3.8) is 0 Å². The predicted octanol–water partition coefficient (Wildman–Crippen LogP) is 3.30. The van der Waals surface area contributed by atoms with Crippen LogP contribution in [0, 0.1) is 0 Å². The monoisotopic (exact) mass is 329 g/mol. The van der Waals surface area contributed by atoms with Crippen molar-refractivity contribution in [3.8, 4) is 0 Å². The smallest absolute Gasteiger partial charge is 0.269 e. The highest BCUT2D eigenvalue weighted by Crippen LogP contribution is 2.29. The van der Waals surface area contributed by atoms with Crippen molar-refractivity contribution in [3.05, 3.63) is 64.9 Å². The standard InChI is InChI=1S/C18H20ClN3O/c19-15-8-2-1-7-14(15)17(22-11-5-6-12-22)13-21-18(23)16-9-3-4-10-20-16/h1-4,7-10,17H,5-6,11-13H2,(H,21,23). The molecule has 5 heteroatoms. The molecule has 1 N–H and O–H groups in total. The molecule has 0 bridgehead atoms. The summed E-state index contributed by atoms with van der Waals surface area (Å²) in [7, 11) is 0. The van der Waals surface area contributed by atoms with E-state index in [2.05, 4.69) is 15.2 Å². The Balaban J connectivity index is 1.74. The lowest BCUT2D eigenvalue weighted by Crippen LogP contribution is -2.37. The number of amides is 1. The average Bonchev–Trinajstić information content (AvgIpc) is 3.11. The summed E-state index contributed by atoms with van der Waals surface area (Å²) in [5.41, 5.74) is 1.50. The normalized spacial score (nSPS) is 16.2. The van der Waals surface area contributed by atoms with Gasteiger partial charge in [0.1, 0.15) is 5.69 Å². The third-order valence-electron chi connectivity index (χ3n) is 4.20. The van der Waals surface area contributed by atoms with Gasteiger partial charge in [-0.3, -0.25) is 14.7 Å². The van der Waals surface area contributed by atoms with E-state index in [9.17, 15) is 4.79 Å². The molecule has 4 nitrogen and oxygen atoms in total. The number of carbonyl (C=O) groups is 1. The lowest BCUT2D eigenvalue weighted by molar-refractivity contribution is 0.0933. The van der Waals surface area contributed by atoms with Crippen LogP contribution < -0.4 is 5.32 Å². The largest absolute Gasteiger partial charge is 0.349 e. The van der Waals surface area contributed by atoms with Crippen LogP contribution in [0.2, 0.25) is 5.02 Å². The first-order chi connectivity index (χ1) is 11.3. The summed E-state index contributed by atoms with van der Waals surface area (Å²) in [6.45, 7) is 2.60. The van der Waals surface area contributed by atoms with E-state index in [0.717, 1.165) is 23.7 Å². The average molecular weight is 330 g/mol. The van der Waals surface area contributed by atoms with Crippen LogP contribution in [0.4, 0.5) is 0 Å². The number of likely N-dealkylation sites (tertiary alicyclic amines) is 1. The van der Waals surface area contributed by atoms with Crippen molar-refractivity contribution in [2.45, 2.75) is 18.9 Å². The molecule has 2 heterocycles. The van der Waals surface area contributed by atoms with Crippen LogP contribution in [0.5, 0.6) is 0 Å². The molecule has 1 aromatic heterocycles. The number of nitrogens with zero attached hydrogens (tertiary/aromatic N) is 2. The third-order valence-corrected chi connectivity index (χ3v) is 4.54. The Morgan fingerprint density at radius 2 is 1.91 bits per heavy atom. The maximum Gasteiger partial charge on any atom is 0.269 e. The summed E-state index contributed by atoms with van der Waals surface area (Å²) in [6, 6.07) is 13.3. The van der Waals surface area contributed by atoms with Gasteiger partial charge in [-0.15, -0.1) is 0 Å². The molecule has 2 aromatic rings. The van der Waals surface area contributed by atoms with E-state index < -0.39 is 0 Å². The summed E-state index contributed by atoms with van der Waals surface area (Å²) < 4.78 is 0. The fourth-order valence-corrected chi connectivity index (χ4v) is 3.27. The SMILES string of the molecule is O=C(NCC(c1ccccc1Cl)N1CCCC1)c1ccccn1. The lowest BCUT2D eigenvalue weighted by Gasteiger charge is -2.28. The fourth-order valence-electron chi connectivity index (χ4n) is 3.01. The van der Waals surface area contributed by atoms with Crippen molar-refractivity contribution < 1.29 is 4.79 Å². The van der Waals surface area contributed by atoms with Gasteiger partial charge < -0.3 is 5.32 Å². The van der Waals surface area contributed by atoms with Crippen molar-refractivity contribution in [1.29, 1.82) is 0 Å². The molecule has 1 fully saturated rings. The van der Waals surface area contributed by atoms with Gasteiger partial charge >= 0.3 is 0 Å². The molecule has 1 saturated heterocycles. The van der Waals surface area contributed by atoms with Crippen LogP contribution in [0.3, 0.4) is 0 Å². The van der Waals surface area contributed by atoms with Gasteiger partial charge in [-0.2, -0.15) is 0 Å². The van der Waals surface area contributed by atoms with E-state index in [1.54, 1.807) is 18.3 Å². The molecule has 0 saturated carbocycles. The van der Waals surface area contributed by atoms with E-state index in [-0.39, 0.29) is 11.9 Å². The molecule has 0 aliphatic carbocycles. The summed E-state index contributed by atoms with van der Waals surface area (Å²) in [4.78, 5) is 18.7. The Hall–Kier alpha value is -1.91. The molecule has 1 aromatic carbocycles. The number of carbonyl (C=O) groups excluding carboxylic acids is 1. The first kappa shape index (κ1) is 16.0. The number of hydrogen-bond acceptors (Lipinski definition) is 3. The number of nitrogens with one attached hydrogen (secondary N) is 1. The van der Waals surface area contributed by atoms with Crippen molar-refractivity contribution >= 4 is 17.5 Å². The minimum absolute atomic E-state index is 0.0962. The van der Waals surface area contributed by atoms with Gasteiger partial charge in [0.15, 0.2) is 0 Å². The molecule has 23 heavy (non-hydrogen) atoms. The Bertz CT molecular complexity index is 656. The summed E-state index contributed by atoms with van der Waals surface area (Å²) >= 11 is 6.38. The molecule has 0 radical (unpaired) electrons. The third kappa shape index (κ3) is 3.89. The van der Waals surface area contributed by atoms with Gasteiger partial charge in [-0.05, 0) is 49.7 Å². The summed E-state index contributed by atoms with van der Waals surface area (Å²) in [5.74, 6) is -0.151. The van der Waals surface area contributed by atoms with Gasteiger partial charge in [0, 0.05) is 17.8 Å². The maximum absolute atomic E-state index is 12.3. The Labute approximate surface area is 141 Å². The van der Waals surface area contributed by atoms with Crippen LogP contribution in [0.1, 0.15) is 34.9 Å². The molecular formula is C18H20ClN3O. The van der Waals surface area contributed by atoms with Crippen LogP contribution >= 0.6 is 11.6 Å². The van der Waals surface area contributed by atoms with Gasteiger partial charge in [-0.1, -0.05) is 35.9 Å². The number of rotatable bonds is 5. The highest BCUT2D eigenvalue weighted by molar-refractivity contribution is 6.31. The fraction of sp³-hybridized carbons (Fsp3) is 0.333. The molecule has 1 aliphatic heterocycles. The zero-order valence-electron chi connectivity index (χ0n) is 12.9. The van der Waals surface area contributed by atoms with Crippen LogP contribution in [-0.4, -0.2) is 35.4 Å². The number of halogens is 1. The molecule has 1 atom stereocenters. The van der Waals surface area contributed by atoms with Gasteiger partial charge in [-0.25, -0.2) is 0 Å². The zero-order valence-corrected chi connectivity index (χ0v) is 13.7. The Morgan fingerprint density at radius 1 is 1.17 bits per heavy atom. The number of benzene rings is 1. The summed E-state index contributed by atoms with van der Waals surface area (Å²) in [6.07, 6.45) is 4.01. The molecule has 0 spiro atoms. The summed E-state index contributed by atoms with van der Waals surface area (Å²) in [5, 5.41) is 3.75. The van der Waals surface area contributed by atoms with Crippen molar-refractivity contribution in [1.82, 2.24) is 15.2 Å². The van der Waals surface area contributed by atoms with E-state index in [1.807, 2.05) is 30.3 Å². The second-order valence-corrected chi connectivity index (χ2v) is 6.11. The number of pyridine rings is 1. The Morgan fingerprint density at radius 3 is 2.61 bits per heavy atom.